The Balaban J connectivity index is 1.99. The van der Waals surface area contributed by atoms with Crippen LogP contribution < -0.4 is 10.2 Å². The van der Waals surface area contributed by atoms with Crippen LogP contribution in [-0.2, 0) is 4.79 Å². The molecule has 1 atom stereocenters. The van der Waals surface area contributed by atoms with Crippen molar-refractivity contribution in [2.24, 2.45) is 0 Å². The van der Waals surface area contributed by atoms with Crippen molar-refractivity contribution in [3.05, 3.63) is 71.8 Å². The third-order valence-electron chi connectivity index (χ3n) is 3.47. The number of carbonyl (C=O) groups is 1. The van der Waals surface area contributed by atoms with E-state index >= 15 is 0 Å². The monoisotopic (exact) mass is 294 g/mol. The van der Waals surface area contributed by atoms with Crippen molar-refractivity contribution >= 4 is 17.7 Å². The molecule has 0 heterocycles. The maximum absolute atomic E-state index is 12.0. The lowest BCUT2D eigenvalue weighted by Crippen LogP contribution is -2.24. The molecule has 2 aromatic carbocycles. The standard InChI is InChI=1S/C19H22N2O/c1-15(17-10-7-11-18(14-17)21(2)3)20-19(22)13-12-16-8-5-4-6-9-16/h4-15H,1-3H3,(H,20,22)/b13-12+/t15-/m0/s1. The average molecular weight is 294 g/mol. The Morgan fingerprint density at radius 3 is 2.50 bits per heavy atom. The fourth-order valence-corrected chi connectivity index (χ4v) is 2.15. The smallest absolute Gasteiger partial charge is 0.244 e. The third-order valence-corrected chi connectivity index (χ3v) is 3.47. The van der Waals surface area contributed by atoms with Crippen molar-refractivity contribution in [1.82, 2.24) is 5.32 Å². The number of rotatable bonds is 5. The molecule has 3 heteroatoms. The summed E-state index contributed by atoms with van der Waals surface area (Å²) in [7, 11) is 4.01. The molecule has 0 saturated heterocycles. The Kier molecular flexibility index (Phi) is 5.37. The normalized spacial score (nSPS) is 12.1. The van der Waals surface area contributed by atoms with Crippen molar-refractivity contribution in [2.45, 2.75) is 13.0 Å². The Hall–Kier alpha value is -2.55. The zero-order valence-electron chi connectivity index (χ0n) is 13.3. The van der Waals surface area contributed by atoms with Gasteiger partial charge in [0.15, 0.2) is 0 Å². The molecular weight excluding hydrogens is 272 g/mol. The Labute approximate surface area is 132 Å². The summed E-state index contributed by atoms with van der Waals surface area (Å²) in [4.78, 5) is 14.1. The van der Waals surface area contributed by atoms with Gasteiger partial charge in [-0.05, 0) is 36.3 Å². The predicted molar refractivity (Wildman–Crippen MR) is 92.8 cm³/mol. The SMILES string of the molecule is C[C@H](NC(=O)/C=C/c1ccccc1)c1cccc(N(C)C)c1. The van der Waals surface area contributed by atoms with E-state index in [0.29, 0.717) is 0 Å². The van der Waals surface area contributed by atoms with Gasteiger partial charge < -0.3 is 10.2 Å². The summed E-state index contributed by atoms with van der Waals surface area (Å²) in [5.41, 5.74) is 3.23. The van der Waals surface area contributed by atoms with E-state index in [1.807, 2.05) is 80.5 Å². The summed E-state index contributed by atoms with van der Waals surface area (Å²) < 4.78 is 0. The second-order valence-corrected chi connectivity index (χ2v) is 5.46. The van der Waals surface area contributed by atoms with Crippen molar-refractivity contribution in [3.8, 4) is 0 Å². The molecular formula is C19H22N2O. The maximum atomic E-state index is 12.0. The molecule has 0 aliphatic rings. The minimum Gasteiger partial charge on any atom is -0.378 e. The third kappa shape index (κ3) is 4.48. The molecule has 2 aromatic rings. The molecule has 2 rings (SSSR count). The number of hydrogen-bond acceptors (Lipinski definition) is 2. The molecule has 0 spiro atoms. The Morgan fingerprint density at radius 1 is 1.09 bits per heavy atom. The molecule has 0 aliphatic carbocycles. The van der Waals surface area contributed by atoms with Crippen molar-refractivity contribution in [1.29, 1.82) is 0 Å². The number of carbonyl (C=O) groups excluding carboxylic acids is 1. The van der Waals surface area contributed by atoms with Crippen LogP contribution in [0.15, 0.2) is 60.7 Å². The van der Waals surface area contributed by atoms with Crippen LogP contribution in [0.5, 0.6) is 0 Å². The molecule has 114 valence electrons. The van der Waals surface area contributed by atoms with Gasteiger partial charge in [0.1, 0.15) is 0 Å². The Morgan fingerprint density at radius 2 is 1.82 bits per heavy atom. The summed E-state index contributed by atoms with van der Waals surface area (Å²) in [5.74, 6) is -0.0911. The first-order chi connectivity index (χ1) is 10.6. The molecule has 1 amide bonds. The van der Waals surface area contributed by atoms with Crippen molar-refractivity contribution in [3.63, 3.8) is 0 Å². The van der Waals surface area contributed by atoms with E-state index < -0.39 is 0 Å². The van der Waals surface area contributed by atoms with Gasteiger partial charge in [0.05, 0.1) is 6.04 Å². The number of nitrogens with one attached hydrogen (secondary N) is 1. The van der Waals surface area contributed by atoms with Gasteiger partial charge in [-0.15, -0.1) is 0 Å². The van der Waals surface area contributed by atoms with Gasteiger partial charge in [0, 0.05) is 25.9 Å². The molecule has 0 bridgehead atoms. The molecule has 0 radical (unpaired) electrons. The molecule has 1 N–H and O–H groups in total. The van der Waals surface area contributed by atoms with Gasteiger partial charge in [-0.2, -0.15) is 0 Å². The largest absolute Gasteiger partial charge is 0.378 e. The first-order valence-electron chi connectivity index (χ1n) is 7.37. The highest BCUT2D eigenvalue weighted by Crippen LogP contribution is 2.19. The van der Waals surface area contributed by atoms with E-state index in [1.165, 1.54) is 0 Å². The van der Waals surface area contributed by atoms with E-state index in [2.05, 4.69) is 11.4 Å². The molecule has 0 saturated carbocycles. The quantitative estimate of drug-likeness (QED) is 0.854. The van der Waals surface area contributed by atoms with Gasteiger partial charge in [-0.3, -0.25) is 4.79 Å². The lowest BCUT2D eigenvalue weighted by molar-refractivity contribution is -0.117. The van der Waals surface area contributed by atoms with E-state index in [-0.39, 0.29) is 11.9 Å². The Bertz CT molecular complexity index is 647. The fourth-order valence-electron chi connectivity index (χ4n) is 2.15. The van der Waals surface area contributed by atoms with Crippen LogP contribution in [0.25, 0.3) is 6.08 Å². The van der Waals surface area contributed by atoms with E-state index in [9.17, 15) is 4.79 Å². The predicted octanol–water partition coefficient (Wildman–Crippen LogP) is 3.64. The highest BCUT2D eigenvalue weighted by molar-refractivity contribution is 5.91. The van der Waals surface area contributed by atoms with E-state index in [1.54, 1.807) is 6.08 Å². The number of amides is 1. The van der Waals surface area contributed by atoms with Crippen LogP contribution in [0.1, 0.15) is 24.1 Å². The zero-order chi connectivity index (χ0) is 15.9. The number of benzene rings is 2. The molecule has 3 nitrogen and oxygen atoms in total. The summed E-state index contributed by atoms with van der Waals surface area (Å²) in [6, 6.07) is 17.9. The van der Waals surface area contributed by atoms with Gasteiger partial charge >= 0.3 is 0 Å². The van der Waals surface area contributed by atoms with Crippen LogP contribution in [-0.4, -0.2) is 20.0 Å². The van der Waals surface area contributed by atoms with Gasteiger partial charge in [0.25, 0.3) is 0 Å². The van der Waals surface area contributed by atoms with Crippen LogP contribution in [0.3, 0.4) is 0 Å². The molecule has 0 aliphatic heterocycles. The van der Waals surface area contributed by atoms with Crippen LogP contribution in [0.4, 0.5) is 5.69 Å². The highest BCUT2D eigenvalue weighted by Gasteiger charge is 2.08. The minimum atomic E-state index is -0.0911. The summed E-state index contributed by atoms with van der Waals surface area (Å²) in [6.45, 7) is 1.99. The van der Waals surface area contributed by atoms with Crippen molar-refractivity contribution in [2.75, 3.05) is 19.0 Å². The second kappa shape index (κ2) is 7.46. The average Bonchev–Trinajstić information content (AvgIpc) is 2.54. The van der Waals surface area contributed by atoms with Gasteiger partial charge in [0.2, 0.25) is 5.91 Å². The minimum absolute atomic E-state index is 0.0344. The first-order valence-corrected chi connectivity index (χ1v) is 7.37. The zero-order valence-corrected chi connectivity index (χ0v) is 13.3. The summed E-state index contributed by atoms with van der Waals surface area (Å²) >= 11 is 0. The first kappa shape index (κ1) is 15.8. The van der Waals surface area contributed by atoms with E-state index in [4.69, 9.17) is 0 Å². The maximum Gasteiger partial charge on any atom is 0.244 e. The summed E-state index contributed by atoms with van der Waals surface area (Å²) in [6.07, 6.45) is 3.39. The molecule has 0 fully saturated rings. The van der Waals surface area contributed by atoms with Crippen molar-refractivity contribution < 1.29 is 4.79 Å². The molecule has 0 unspecified atom stereocenters. The number of nitrogens with zero attached hydrogens (tertiary/aromatic N) is 1. The number of anilines is 1. The van der Waals surface area contributed by atoms with Crippen LogP contribution >= 0.6 is 0 Å². The lowest BCUT2D eigenvalue weighted by atomic mass is 10.1. The topological polar surface area (TPSA) is 32.3 Å². The van der Waals surface area contributed by atoms with Gasteiger partial charge in [-0.25, -0.2) is 0 Å². The highest BCUT2D eigenvalue weighted by atomic mass is 16.1. The van der Waals surface area contributed by atoms with Crippen LogP contribution in [0, 0.1) is 0 Å². The second-order valence-electron chi connectivity index (χ2n) is 5.46. The lowest BCUT2D eigenvalue weighted by Gasteiger charge is -2.17. The summed E-state index contributed by atoms with van der Waals surface area (Å²) in [5, 5.41) is 2.99. The van der Waals surface area contributed by atoms with E-state index in [0.717, 1.165) is 16.8 Å². The molecule has 22 heavy (non-hydrogen) atoms. The number of hydrogen-bond donors (Lipinski definition) is 1. The molecule has 0 aromatic heterocycles. The fraction of sp³-hybridized carbons (Fsp3) is 0.211. The van der Waals surface area contributed by atoms with Gasteiger partial charge in [-0.1, -0.05) is 42.5 Å². The van der Waals surface area contributed by atoms with Crippen LogP contribution in [0.2, 0.25) is 0 Å².